The van der Waals surface area contributed by atoms with Gasteiger partial charge < -0.3 is 19.3 Å². The maximum atomic E-state index is 13.7. The van der Waals surface area contributed by atoms with Crippen molar-refractivity contribution >= 4 is 41.4 Å². The van der Waals surface area contributed by atoms with Gasteiger partial charge in [0.15, 0.2) is 10.2 Å². The van der Waals surface area contributed by atoms with Crippen molar-refractivity contribution < 1.29 is 42.2 Å². The Kier molecular flexibility index (Phi) is 11.4. The molecular weight excluding hydrogens is 437 g/mol. The molecule has 0 spiro atoms. The Morgan fingerprint density at radius 3 is 1.43 bits per heavy atom. The second-order valence-electron chi connectivity index (χ2n) is 7.36. The number of aliphatic hydroxyl groups is 2. The number of thioether (sulfide) groups is 2. The Hall–Kier alpha value is -0.0300. The molecule has 0 saturated heterocycles. The fourth-order valence-corrected chi connectivity index (χ4v) is 4.42. The second kappa shape index (κ2) is 11.4. The summed E-state index contributed by atoms with van der Waals surface area (Å²) in [6, 6.07) is 0. The predicted molar refractivity (Wildman–Crippen MR) is 107 cm³/mol. The third kappa shape index (κ3) is 8.77. The van der Waals surface area contributed by atoms with Gasteiger partial charge in [-0.2, -0.15) is 8.78 Å². The number of carbonyl (C=O) groups is 2. The third-order valence-electron chi connectivity index (χ3n) is 3.53. The average molecular weight is 467 g/mol. The minimum Gasteiger partial charge on any atom is -0.395 e. The molecule has 0 fully saturated rings. The molecular formula is C16H29F2O7PS2. The maximum Gasteiger partial charge on any atom is 0.399 e. The van der Waals surface area contributed by atoms with Gasteiger partial charge in [-0.1, -0.05) is 23.5 Å². The zero-order valence-corrected chi connectivity index (χ0v) is 19.2. The van der Waals surface area contributed by atoms with Gasteiger partial charge in [-0.15, -0.1) is 0 Å². The molecule has 0 aliphatic heterocycles. The fourth-order valence-electron chi connectivity index (χ4n) is 1.37. The van der Waals surface area contributed by atoms with Crippen LogP contribution in [-0.2, 0) is 23.2 Å². The van der Waals surface area contributed by atoms with E-state index in [1.807, 2.05) is 0 Å². The normalized spacial score (nSPS) is 13.6. The molecule has 0 aromatic rings. The monoisotopic (exact) mass is 466 g/mol. The van der Waals surface area contributed by atoms with E-state index < -0.39 is 37.3 Å². The Morgan fingerprint density at radius 2 is 1.18 bits per heavy atom. The molecule has 0 aromatic heterocycles. The van der Waals surface area contributed by atoms with Crippen molar-refractivity contribution in [2.45, 2.75) is 40.3 Å². The standard InChI is InChI=1S/C16H29F2O7PS2/c1-14(2,10-19)12(21)27-8-6-24-26(23,16(5,17)18)25-7-9-28-13(22)15(3,4)11-20/h19-20H,6-11H2,1-5H3. The van der Waals surface area contributed by atoms with E-state index in [2.05, 4.69) is 0 Å². The summed E-state index contributed by atoms with van der Waals surface area (Å²) in [5, 5.41) is 17.5. The summed E-state index contributed by atoms with van der Waals surface area (Å²) in [6.07, 6.45) is 0. The summed E-state index contributed by atoms with van der Waals surface area (Å²) < 4.78 is 49.4. The van der Waals surface area contributed by atoms with Crippen molar-refractivity contribution in [1.82, 2.24) is 0 Å². The maximum absolute atomic E-state index is 13.7. The van der Waals surface area contributed by atoms with E-state index in [9.17, 15) is 22.9 Å². The number of rotatable bonds is 13. The Balaban J connectivity index is 4.59. The van der Waals surface area contributed by atoms with Gasteiger partial charge in [-0.25, -0.2) is 0 Å². The van der Waals surface area contributed by atoms with Crippen LogP contribution in [0.3, 0.4) is 0 Å². The summed E-state index contributed by atoms with van der Waals surface area (Å²) in [7, 11) is -4.80. The number of carbonyl (C=O) groups excluding carboxylic acids is 2. The van der Waals surface area contributed by atoms with E-state index in [4.69, 9.17) is 19.3 Å². The van der Waals surface area contributed by atoms with E-state index in [1.165, 1.54) is 27.7 Å². The van der Waals surface area contributed by atoms with Crippen molar-refractivity contribution in [1.29, 1.82) is 0 Å². The summed E-state index contributed by atoms with van der Waals surface area (Å²) >= 11 is 1.56. The first-order chi connectivity index (χ1) is 12.6. The van der Waals surface area contributed by atoms with E-state index in [0.717, 1.165) is 23.5 Å². The lowest BCUT2D eigenvalue weighted by Crippen LogP contribution is -2.26. The van der Waals surface area contributed by atoms with Crippen LogP contribution in [0.15, 0.2) is 0 Å². The van der Waals surface area contributed by atoms with Crippen LogP contribution in [0.5, 0.6) is 0 Å². The highest BCUT2D eigenvalue weighted by Crippen LogP contribution is 2.61. The molecule has 0 aromatic carbocycles. The zero-order chi connectivity index (χ0) is 22.2. The van der Waals surface area contributed by atoms with Crippen molar-refractivity contribution in [2.24, 2.45) is 10.8 Å². The number of hydrogen-bond donors (Lipinski definition) is 2. The zero-order valence-electron chi connectivity index (χ0n) is 16.7. The first kappa shape index (κ1) is 28.0. The van der Waals surface area contributed by atoms with Gasteiger partial charge in [0.2, 0.25) is 0 Å². The van der Waals surface area contributed by atoms with Gasteiger partial charge in [-0.05, 0) is 27.7 Å². The third-order valence-corrected chi connectivity index (χ3v) is 7.91. The summed E-state index contributed by atoms with van der Waals surface area (Å²) in [5.41, 5.74) is -5.72. The van der Waals surface area contributed by atoms with E-state index in [1.54, 1.807) is 0 Å². The topological polar surface area (TPSA) is 110 Å². The first-order valence-electron chi connectivity index (χ1n) is 8.46. The van der Waals surface area contributed by atoms with E-state index >= 15 is 0 Å². The number of halogens is 2. The summed E-state index contributed by atoms with van der Waals surface area (Å²) in [6.45, 7) is 5.00. The lowest BCUT2D eigenvalue weighted by atomic mass is 9.97. The largest absolute Gasteiger partial charge is 0.399 e. The molecule has 2 N–H and O–H groups in total. The quantitative estimate of drug-likeness (QED) is 0.312. The van der Waals surface area contributed by atoms with E-state index in [-0.39, 0.29) is 35.0 Å². The summed E-state index contributed by atoms with van der Waals surface area (Å²) in [4.78, 5) is 23.7. The molecule has 166 valence electrons. The molecule has 0 aliphatic rings. The first-order valence-corrected chi connectivity index (χ1v) is 12.0. The van der Waals surface area contributed by atoms with Gasteiger partial charge in [0.1, 0.15) is 0 Å². The lowest BCUT2D eigenvalue weighted by Gasteiger charge is -2.24. The average Bonchev–Trinajstić information content (AvgIpc) is 2.60. The molecule has 0 rings (SSSR count). The Bertz CT molecular complexity index is 540. The Labute approximate surface area is 172 Å². The highest BCUT2D eigenvalue weighted by Gasteiger charge is 2.49. The SMILES string of the molecule is CC(C)(CO)C(=O)SCCOP(=O)(OCCSC(=O)C(C)(C)CO)C(C)(F)F. The highest BCUT2D eigenvalue weighted by molar-refractivity contribution is 8.14. The molecule has 0 radical (unpaired) electrons. The molecule has 0 amide bonds. The van der Waals surface area contributed by atoms with Crippen molar-refractivity contribution in [3.05, 3.63) is 0 Å². The molecule has 0 unspecified atom stereocenters. The van der Waals surface area contributed by atoms with Gasteiger partial charge in [0.25, 0.3) is 0 Å². The van der Waals surface area contributed by atoms with E-state index in [0.29, 0.717) is 6.92 Å². The van der Waals surface area contributed by atoms with Crippen LogP contribution < -0.4 is 0 Å². The predicted octanol–water partition coefficient (Wildman–Crippen LogP) is 3.38. The fraction of sp³-hybridized carbons (Fsp3) is 0.875. The van der Waals surface area contributed by atoms with Crippen molar-refractivity contribution in [2.75, 3.05) is 37.9 Å². The van der Waals surface area contributed by atoms with Crippen LogP contribution in [0.2, 0.25) is 0 Å². The minimum atomic E-state index is -4.80. The summed E-state index contributed by atoms with van der Waals surface area (Å²) in [5.74, 6) is -0.0762. The van der Waals surface area contributed by atoms with Crippen LogP contribution in [0.4, 0.5) is 8.78 Å². The van der Waals surface area contributed by atoms with Gasteiger partial charge in [0.05, 0.1) is 37.3 Å². The molecule has 0 atom stereocenters. The van der Waals surface area contributed by atoms with Crippen molar-refractivity contribution in [3.63, 3.8) is 0 Å². The molecule has 0 heterocycles. The lowest BCUT2D eigenvalue weighted by molar-refractivity contribution is -0.120. The van der Waals surface area contributed by atoms with Crippen LogP contribution in [-0.4, -0.2) is 64.0 Å². The number of hydrogen-bond acceptors (Lipinski definition) is 9. The number of aliphatic hydroxyl groups excluding tert-OH is 2. The minimum absolute atomic E-state index is 0.0381. The smallest absolute Gasteiger partial charge is 0.395 e. The molecule has 0 bridgehead atoms. The Morgan fingerprint density at radius 1 is 0.857 bits per heavy atom. The second-order valence-corrected chi connectivity index (χ2v) is 11.8. The number of alkyl halides is 2. The molecule has 7 nitrogen and oxygen atoms in total. The van der Waals surface area contributed by atoms with Crippen LogP contribution >= 0.6 is 31.1 Å². The molecule has 12 heteroatoms. The van der Waals surface area contributed by atoms with Gasteiger partial charge >= 0.3 is 13.3 Å². The van der Waals surface area contributed by atoms with Crippen molar-refractivity contribution in [3.8, 4) is 0 Å². The van der Waals surface area contributed by atoms with Gasteiger partial charge in [0, 0.05) is 18.4 Å². The van der Waals surface area contributed by atoms with Gasteiger partial charge in [-0.3, -0.25) is 14.2 Å². The molecule has 28 heavy (non-hydrogen) atoms. The highest BCUT2D eigenvalue weighted by atomic mass is 32.2. The van der Waals surface area contributed by atoms with Crippen LogP contribution in [0.1, 0.15) is 34.6 Å². The molecule has 0 saturated carbocycles. The van der Waals surface area contributed by atoms with Crippen LogP contribution in [0, 0.1) is 10.8 Å². The van der Waals surface area contributed by atoms with Crippen LogP contribution in [0.25, 0.3) is 0 Å². The molecule has 0 aliphatic carbocycles.